The number of hydrogen-bond donors (Lipinski definition) is 0. The molecule has 285 valence electrons. The fourth-order valence-corrected chi connectivity index (χ4v) is 11.4. The van der Waals surface area contributed by atoms with E-state index < -0.39 is 15.8 Å². The van der Waals surface area contributed by atoms with Crippen molar-refractivity contribution < 1.29 is 34.4 Å². The number of halogens is 2. The first-order valence-electron chi connectivity index (χ1n) is 18.0. The molecule has 11 heteroatoms. The summed E-state index contributed by atoms with van der Waals surface area (Å²) in [6.07, 6.45) is 10.7. The SMILES string of the molecule is [Cl-].[Cl][Ru+2].c1ccc([PH+](c2ccccc2)c2ccccc2)cc1.c1ccc([PH+](c2ccccc2)c2ccccc2)cc1.c1cnn(C(n2cccn2)[n+]2ccc[n-]2)c1. The molecule has 3 heterocycles. The summed E-state index contributed by atoms with van der Waals surface area (Å²) in [5.74, 6) is 0. The summed E-state index contributed by atoms with van der Waals surface area (Å²) < 4.78 is 5.38. The molecule has 0 aliphatic carbocycles. The summed E-state index contributed by atoms with van der Waals surface area (Å²) >= 11 is 1.82. The van der Waals surface area contributed by atoms with Crippen LogP contribution in [0.25, 0.3) is 0 Å². The van der Waals surface area contributed by atoms with Gasteiger partial charge in [-0.05, 0) is 91.0 Å². The third kappa shape index (κ3) is 12.3. The minimum Gasteiger partial charge on any atom is -0.414 e. The van der Waals surface area contributed by atoms with Crippen LogP contribution < -0.4 is 54.0 Å². The molecule has 6 aromatic carbocycles. The molecule has 0 fully saturated rings. The number of rotatable bonds is 9. The Labute approximate surface area is 357 Å². The standard InChI is InChI=1S/2C18H15P.C10H10N6.2ClH.Ru/c2*1-4-10-16(11-5-1)19(17-12-6-2-7-13-17)18-14-8-3-9-15-18;1-4-11-14(7-1)10(15-8-2-5-12-15)16-9-3-6-13-16;;;/h2*1-15H;1-10H;2*1H;/q;;;;;+3. The third-order valence-electron chi connectivity index (χ3n) is 8.66. The Bertz CT molecular complexity index is 1940. The van der Waals surface area contributed by atoms with Crippen molar-refractivity contribution in [2.24, 2.45) is 0 Å². The second-order valence-electron chi connectivity index (χ2n) is 12.3. The molecule has 0 atom stereocenters. The summed E-state index contributed by atoms with van der Waals surface area (Å²) in [5, 5.41) is 21.3. The molecule has 0 unspecified atom stereocenters. The van der Waals surface area contributed by atoms with E-state index in [1.54, 1.807) is 32.6 Å². The molecular weight excluding hydrogens is 870 g/mol. The quantitative estimate of drug-likeness (QED) is 0.126. The van der Waals surface area contributed by atoms with Crippen molar-refractivity contribution in [1.82, 2.24) is 24.7 Å². The van der Waals surface area contributed by atoms with Crippen LogP contribution in [0.4, 0.5) is 0 Å². The molecule has 0 aliphatic heterocycles. The summed E-state index contributed by atoms with van der Waals surface area (Å²) in [5.41, 5.74) is 0. The minimum absolute atomic E-state index is 0. The van der Waals surface area contributed by atoms with Gasteiger partial charge in [0.05, 0.1) is 15.8 Å². The molecule has 6 nitrogen and oxygen atoms in total. The van der Waals surface area contributed by atoms with Gasteiger partial charge in [0.1, 0.15) is 31.8 Å². The molecule has 0 bridgehead atoms. The van der Waals surface area contributed by atoms with E-state index >= 15 is 0 Å². The zero-order chi connectivity index (χ0) is 38.6. The maximum atomic E-state index is 4.57. The van der Waals surface area contributed by atoms with Gasteiger partial charge >= 0.3 is 33.3 Å². The second kappa shape index (κ2) is 23.9. The average molecular weight is 913 g/mol. The smallest absolute Gasteiger partial charge is 0.344 e. The Kier molecular flexibility index (Phi) is 18.1. The Balaban J connectivity index is 0.000000159. The molecule has 0 saturated carbocycles. The van der Waals surface area contributed by atoms with E-state index in [4.69, 9.17) is 0 Å². The van der Waals surface area contributed by atoms with Gasteiger partial charge in [-0.15, -0.1) is 6.20 Å². The Hall–Kier alpha value is -4.99. The Morgan fingerprint density at radius 3 is 0.930 bits per heavy atom. The molecule has 0 amide bonds. The van der Waals surface area contributed by atoms with Crippen molar-refractivity contribution in [1.29, 1.82) is 0 Å². The van der Waals surface area contributed by atoms with Gasteiger partial charge in [-0.3, -0.25) is 0 Å². The van der Waals surface area contributed by atoms with E-state index in [1.807, 2.05) is 54.1 Å². The zero-order valence-electron chi connectivity index (χ0n) is 30.9. The van der Waals surface area contributed by atoms with E-state index in [0.29, 0.717) is 0 Å². The third-order valence-corrected chi connectivity index (χ3v) is 14.1. The van der Waals surface area contributed by atoms with Crippen LogP contribution >= 0.6 is 25.5 Å². The first kappa shape index (κ1) is 43.1. The molecule has 9 aromatic rings. The van der Waals surface area contributed by atoms with Crippen molar-refractivity contribution in [3.63, 3.8) is 0 Å². The van der Waals surface area contributed by atoms with Gasteiger partial charge in [0.25, 0.3) is 0 Å². The summed E-state index contributed by atoms with van der Waals surface area (Å²) in [6.45, 7) is 0. The van der Waals surface area contributed by atoms with Crippen LogP contribution in [0.2, 0.25) is 0 Å². The van der Waals surface area contributed by atoms with Gasteiger partial charge in [-0.1, -0.05) is 109 Å². The predicted octanol–water partition coefficient (Wildman–Crippen LogP) is 3.92. The molecule has 0 saturated heterocycles. The van der Waals surface area contributed by atoms with Crippen molar-refractivity contribution in [3.8, 4) is 0 Å². The van der Waals surface area contributed by atoms with Crippen molar-refractivity contribution >= 4 is 57.4 Å². The van der Waals surface area contributed by atoms with E-state index in [0.717, 1.165) is 0 Å². The normalized spacial score (nSPS) is 10.2. The fraction of sp³-hybridized carbons (Fsp3) is 0.0217. The van der Waals surface area contributed by atoms with E-state index in [-0.39, 0.29) is 18.7 Å². The maximum absolute atomic E-state index is 4.57. The van der Waals surface area contributed by atoms with Crippen LogP contribution in [0.5, 0.6) is 0 Å². The van der Waals surface area contributed by atoms with Crippen LogP contribution in [0, 0.1) is 0 Å². The van der Waals surface area contributed by atoms with Gasteiger partial charge < -0.3 is 17.5 Å². The maximum Gasteiger partial charge on any atom is 0.344 e. The van der Waals surface area contributed by atoms with Crippen LogP contribution in [0.1, 0.15) is 6.29 Å². The number of aromatic nitrogens is 6. The molecule has 0 aliphatic rings. The molecule has 9 rings (SSSR count). The van der Waals surface area contributed by atoms with Gasteiger partial charge in [-0.2, -0.15) is 19.6 Å². The Morgan fingerprint density at radius 2 is 0.719 bits per heavy atom. The van der Waals surface area contributed by atoms with Crippen molar-refractivity contribution in [3.05, 3.63) is 237 Å². The average Bonchev–Trinajstić information content (AvgIpc) is 4.12. The van der Waals surface area contributed by atoms with Crippen LogP contribution in [-0.4, -0.2) is 19.6 Å². The van der Waals surface area contributed by atoms with Crippen molar-refractivity contribution in [2.75, 3.05) is 0 Å². The van der Waals surface area contributed by atoms with Gasteiger partial charge in [-0.25, -0.2) is 4.68 Å². The van der Waals surface area contributed by atoms with E-state index in [2.05, 4.69) is 207 Å². The number of benzene rings is 6. The molecule has 3 aromatic heterocycles. The number of hydrogen-bond acceptors (Lipinski definition) is 2. The molecule has 0 N–H and O–H groups in total. The number of nitrogens with zero attached hydrogens (tertiary/aromatic N) is 6. The fourth-order valence-electron chi connectivity index (χ4n) is 6.24. The zero-order valence-corrected chi connectivity index (χ0v) is 36.1. The largest absolute Gasteiger partial charge is 0.414 e. The first-order valence-corrected chi connectivity index (χ1v) is 23.3. The van der Waals surface area contributed by atoms with Gasteiger partial charge in [0, 0.05) is 24.8 Å². The minimum atomic E-state index is -0.877. The van der Waals surface area contributed by atoms with Crippen LogP contribution in [0.3, 0.4) is 0 Å². The topological polar surface area (TPSA) is 53.6 Å². The van der Waals surface area contributed by atoms with E-state index in [9.17, 15) is 0 Å². The van der Waals surface area contributed by atoms with Crippen LogP contribution in [0.15, 0.2) is 237 Å². The van der Waals surface area contributed by atoms with Crippen LogP contribution in [-0.2, 0) is 17.3 Å². The summed E-state index contributed by atoms with van der Waals surface area (Å²) in [4.78, 5) is 0. The molecule has 0 radical (unpaired) electrons. The Morgan fingerprint density at radius 1 is 0.439 bits per heavy atom. The molecule has 0 spiro atoms. The molecular formula is C46H42Cl2N6P2Ru+3. The first-order chi connectivity index (χ1) is 27.8. The van der Waals surface area contributed by atoms with E-state index in [1.165, 1.54) is 31.8 Å². The second-order valence-corrected chi connectivity index (χ2v) is 17.2. The monoisotopic (exact) mass is 912 g/mol. The predicted molar refractivity (Wildman–Crippen MR) is 233 cm³/mol. The summed E-state index contributed by atoms with van der Waals surface area (Å²) in [7, 11) is 2.81. The molecule has 57 heavy (non-hydrogen) atoms. The summed E-state index contributed by atoms with van der Waals surface area (Å²) in [6, 6.07) is 70.6. The van der Waals surface area contributed by atoms with Gasteiger partial charge in [0.15, 0.2) is 6.20 Å². The van der Waals surface area contributed by atoms with Gasteiger partial charge in [0.2, 0.25) is 0 Å². The van der Waals surface area contributed by atoms with Crippen molar-refractivity contribution in [2.45, 2.75) is 6.29 Å².